The number of morpholine rings is 1. The third-order valence-electron chi connectivity index (χ3n) is 5.21. The first-order valence-electron chi connectivity index (χ1n) is 8.94. The Morgan fingerprint density at radius 2 is 2.19 bits per heavy atom. The van der Waals surface area contributed by atoms with Gasteiger partial charge in [-0.15, -0.1) is 11.3 Å². The van der Waals surface area contributed by atoms with Gasteiger partial charge in [-0.25, -0.2) is 9.37 Å². The lowest BCUT2D eigenvalue weighted by atomic mass is 9.92. The van der Waals surface area contributed by atoms with Crippen LogP contribution in [0.3, 0.4) is 0 Å². The van der Waals surface area contributed by atoms with Gasteiger partial charge in [0.15, 0.2) is 0 Å². The zero-order chi connectivity index (χ0) is 18.9. The van der Waals surface area contributed by atoms with Crippen LogP contribution in [0.5, 0.6) is 0 Å². The van der Waals surface area contributed by atoms with E-state index < -0.39 is 5.60 Å². The van der Waals surface area contributed by atoms with Crippen molar-refractivity contribution in [3.05, 3.63) is 46.7 Å². The molecule has 2 aromatic rings. The SMILES string of the molecule is O=C(c1cscn1)N1CCCC2(CC1)CN(c1cccc(F)c1)C(=O)CO2. The van der Waals surface area contributed by atoms with Gasteiger partial charge in [0, 0.05) is 24.2 Å². The van der Waals surface area contributed by atoms with Crippen molar-refractivity contribution in [1.82, 2.24) is 9.88 Å². The second kappa shape index (κ2) is 7.36. The second-order valence-electron chi connectivity index (χ2n) is 6.95. The quantitative estimate of drug-likeness (QED) is 0.792. The number of halogens is 1. The van der Waals surface area contributed by atoms with E-state index in [0.717, 1.165) is 12.8 Å². The molecule has 27 heavy (non-hydrogen) atoms. The maximum absolute atomic E-state index is 13.6. The summed E-state index contributed by atoms with van der Waals surface area (Å²) in [5.74, 6) is -0.616. The largest absolute Gasteiger partial charge is 0.363 e. The summed E-state index contributed by atoms with van der Waals surface area (Å²) < 4.78 is 19.6. The van der Waals surface area contributed by atoms with Gasteiger partial charge >= 0.3 is 0 Å². The van der Waals surface area contributed by atoms with Gasteiger partial charge < -0.3 is 14.5 Å². The Morgan fingerprint density at radius 1 is 1.30 bits per heavy atom. The number of nitrogens with zero attached hydrogens (tertiary/aromatic N) is 3. The van der Waals surface area contributed by atoms with Crippen LogP contribution >= 0.6 is 11.3 Å². The molecule has 4 rings (SSSR count). The Balaban J connectivity index is 1.50. The normalized spacial score (nSPS) is 23.5. The molecule has 2 aliphatic rings. The Hall–Kier alpha value is -2.32. The number of thiazole rings is 1. The lowest BCUT2D eigenvalue weighted by molar-refractivity contribution is -0.140. The molecule has 1 unspecified atom stereocenters. The molecule has 2 fully saturated rings. The van der Waals surface area contributed by atoms with Crippen molar-refractivity contribution in [2.24, 2.45) is 0 Å². The van der Waals surface area contributed by atoms with Crippen LogP contribution < -0.4 is 4.90 Å². The van der Waals surface area contributed by atoms with Crippen molar-refractivity contribution in [1.29, 1.82) is 0 Å². The van der Waals surface area contributed by atoms with E-state index in [2.05, 4.69) is 4.98 Å². The molecule has 6 nitrogen and oxygen atoms in total. The van der Waals surface area contributed by atoms with Crippen molar-refractivity contribution in [2.45, 2.75) is 24.9 Å². The maximum atomic E-state index is 13.6. The number of amides is 2. The van der Waals surface area contributed by atoms with Crippen molar-refractivity contribution in [3.8, 4) is 0 Å². The minimum absolute atomic E-state index is 0.0312. The van der Waals surface area contributed by atoms with Crippen molar-refractivity contribution >= 4 is 28.8 Å². The first kappa shape index (κ1) is 18.1. The molecular weight excluding hydrogens is 369 g/mol. The number of carbonyl (C=O) groups is 2. The second-order valence-corrected chi connectivity index (χ2v) is 7.67. The smallest absolute Gasteiger partial charge is 0.273 e. The van der Waals surface area contributed by atoms with Crippen LogP contribution in [-0.4, -0.2) is 53.5 Å². The lowest BCUT2D eigenvalue weighted by Gasteiger charge is -2.42. The van der Waals surface area contributed by atoms with Crippen LogP contribution in [0.1, 0.15) is 29.8 Å². The molecule has 2 amide bonds. The molecule has 8 heteroatoms. The van der Waals surface area contributed by atoms with E-state index in [9.17, 15) is 14.0 Å². The zero-order valence-electron chi connectivity index (χ0n) is 14.8. The summed E-state index contributed by atoms with van der Waals surface area (Å²) in [6.07, 6.45) is 2.15. The zero-order valence-corrected chi connectivity index (χ0v) is 15.6. The van der Waals surface area contributed by atoms with Gasteiger partial charge in [0.05, 0.1) is 17.7 Å². The molecule has 1 aromatic heterocycles. The molecular formula is C19H20FN3O3S. The van der Waals surface area contributed by atoms with Crippen LogP contribution in [0.4, 0.5) is 10.1 Å². The molecule has 3 heterocycles. The summed E-state index contributed by atoms with van der Waals surface area (Å²) in [7, 11) is 0. The van der Waals surface area contributed by atoms with Gasteiger partial charge in [0.25, 0.3) is 11.8 Å². The van der Waals surface area contributed by atoms with Crippen molar-refractivity contribution < 1.29 is 18.7 Å². The van der Waals surface area contributed by atoms with E-state index in [0.29, 0.717) is 37.4 Å². The Kier molecular flexibility index (Phi) is 4.92. The highest BCUT2D eigenvalue weighted by Crippen LogP contribution is 2.33. The van der Waals surface area contributed by atoms with Gasteiger partial charge in [-0.05, 0) is 37.5 Å². The van der Waals surface area contributed by atoms with Crippen molar-refractivity contribution in [3.63, 3.8) is 0 Å². The molecule has 1 spiro atoms. The summed E-state index contributed by atoms with van der Waals surface area (Å²) in [5, 5.41) is 1.75. The Labute approximate surface area is 160 Å². The molecule has 2 saturated heterocycles. The van der Waals surface area contributed by atoms with E-state index in [-0.39, 0.29) is 24.2 Å². The predicted molar refractivity (Wildman–Crippen MR) is 99.3 cm³/mol. The number of benzene rings is 1. The van der Waals surface area contributed by atoms with E-state index in [1.165, 1.54) is 23.5 Å². The van der Waals surface area contributed by atoms with Crippen LogP contribution in [0, 0.1) is 5.82 Å². The van der Waals surface area contributed by atoms with Gasteiger partial charge in [0.1, 0.15) is 18.1 Å². The van der Waals surface area contributed by atoms with E-state index >= 15 is 0 Å². The molecule has 0 saturated carbocycles. The number of aromatic nitrogens is 1. The lowest BCUT2D eigenvalue weighted by Crippen LogP contribution is -2.55. The van der Waals surface area contributed by atoms with E-state index in [4.69, 9.17) is 4.74 Å². The fourth-order valence-corrected chi connectivity index (χ4v) is 4.27. The summed E-state index contributed by atoms with van der Waals surface area (Å²) in [5.41, 5.74) is 2.15. The van der Waals surface area contributed by atoms with Gasteiger partial charge in [0.2, 0.25) is 0 Å². The minimum Gasteiger partial charge on any atom is -0.363 e. The van der Waals surface area contributed by atoms with Crippen LogP contribution in [0.2, 0.25) is 0 Å². The average Bonchev–Trinajstić information content (AvgIpc) is 3.13. The molecule has 1 atom stereocenters. The number of hydrogen-bond donors (Lipinski definition) is 0. The summed E-state index contributed by atoms with van der Waals surface area (Å²) in [6, 6.07) is 6.06. The first-order valence-corrected chi connectivity index (χ1v) is 9.88. The maximum Gasteiger partial charge on any atom is 0.273 e. The first-order chi connectivity index (χ1) is 13.1. The molecule has 0 bridgehead atoms. The molecule has 0 aliphatic carbocycles. The van der Waals surface area contributed by atoms with Gasteiger partial charge in [-0.2, -0.15) is 0 Å². The number of ether oxygens (including phenoxy) is 1. The molecule has 2 aliphatic heterocycles. The molecule has 1 aromatic carbocycles. The van der Waals surface area contributed by atoms with E-state index in [1.807, 2.05) is 0 Å². The van der Waals surface area contributed by atoms with Crippen LogP contribution in [-0.2, 0) is 9.53 Å². The molecule has 0 N–H and O–H groups in total. The third-order valence-corrected chi connectivity index (χ3v) is 5.79. The standard InChI is InChI=1S/C19H20FN3O3S/c20-14-3-1-4-15(9-14)23-12-19(26-10-17(23)24)5-2-7-22(8-6-19)18(25)16-11-27-13-21-16/h1,3-4,9,11,13H,2,5-8,10,12H2. The summed E-state index contributed by atoms with van der Waals surface area (Å²) in [6.45, 7) is 1.52. The highest BCUT2D eigenvalue weighted by atomic mass is 32.1. The number of likely N-dealkylation sites (tertiary alicyclic amines) is 1. The highest BCUT2D eigenvalue weighted by Gasteiger charge is 2.42. The highest BCUT2D eigenvalue weighted by molar-refractivity contribution is 7.07. The minimum atomic E-state index is -0.517. The van der Waals surface area contributed by atoms with Crippen LogP contribution in [0.25, 0.3) is 0 Å². The molecule has 142 valence electrons. The molecule has 0 radical (unpaired) electrons. The van der Waals surface area contributed by atoms with Gasteiger partial charge in [-0.3, -0.25) is 9.59 Å². The summed E-state index contributed by atoms with van der Waals surface area (Å²) >= 11 is 1.40. The average molecular weight is 389 g/mol. The predicted octanol–water partition coefficient (Wildman–Crippen LogP) is 2.71. The number of hydrogen-bond acceptors (Lipinski definition) is 5. The monoisotopic (exact) mass is 389 g/mol. The topological polar surface area (TPSA) is 62.7 Å². The number of anilines is 1. The van der Waals surface area contributed by atoms with E-state index in [1.54, 1.807) is 32.8 Å². The number of rotatable bonds is 2. The van der Waals surface area contributed by atoms with Gasteiger partial charge in [-0.1, -0.05) is 6.07 Å². The third kappa shape index (κ3) is 3.72. The van der Waals surface area contributed by atoms with Crippen molar-refractivity contribution in [2.75, 3.05) is 31.1 Å². The fourth-order valence-electron chi connectivity index (χ4n) is 3.75. The fraction of sp³-hybridized carbons (Fsp3) is 0.421. The Morgan fingerprint density at radius 3 is 2.96 bits per heavy atom. The number of carbonyl (C=O) groups excluding carboxylic acids is 2. The summed E-state index contributed by atoms with van der Waals surface area (Å²) in [4.78, 5) is 32.4. The van der Waals surface area contributed by atoms with Crippen LogP contribution in [0.15, 0.2) is 35.2 Å². The Bertz CT molecular complexity index is 844.